The Labute approximate surface area is 148 Å². The van der Waals surface area contributed by atoms with Crippen molar-refractivity contribution in [3.8, 4) is 0 Å². The molecular formula is C17H20N4O3S. The van der Waals surface area contributed by atoms with Crippen LogP contribution in [0.1, 0.15) is 11.1 Å². The summed E-state index contributed by atoms with van der Waals surface area (Å²) >= 11 is 0. The monoisotopic (exact) mass is 360 g/mol. The number of piperazine rings is 1. The highest BCUT2D eigenvalue weighted by Crippen LogP contribution is 2.21. The zero-order chi connectivity index (χ0) is 17.8. The van der Waals surface area contributed by atoms with E-state index in [2.05, 4.69) is 14.9 Å². The molecule has 1 aliphatic heterocycles. The van der Waals surface area contributed by atoms with Gasteiger partial charge in [-0.05, 0) is 24.1 Å². The van der Waals surface area contributed by atoms with Crippen molar-refractivity contribution in [2.45, 2.75) is 18.2 Å². The zero-order valence-corrected chi connectivity index (χ0v) is 14.8. The molecule has 1 fully saturated rings. The van der Waals surface area contributed by atoms with Crippen molar-refractivity contribution in [2.75, 3.05) is 31.1 Å². The van der Waals surface area contributed by atoms with Gasteiger partial charge >= 0.3 is 5.97 Å². The number of rotatable bonds is 5. The van der Waals surface area contributed by atoms with Crippen LogP contribution in [0.4, 0.5) is 5.82 Å². The molecule has 8 heteroatoms. The van der Waals surface area contributed by atoms with E-state index in [1.807, 2.05) is 17.3 Å². The van der Waals surface area contributed by atoms with Crippen LogP contribution in [0.15, 0.2) is 41.7 Å². The van der Waals surface area contributed by atoms with Crippen molar-refractivity contribution in [1.29, 1.82) is 0 Å². The summed E-state index contributed by atoms with van der Waals surface area (Å²) < 4.78 is 14.9. The average Bonchev–Trinajstić information content (AvgIpc) is 2.63. The van der Waals surface area contributed by atoms with E-state index in [4.69, 9.17) is 5.11 Å². The Morgan fingerprint density at radius 2 is 2.00 bits per heavy atom. The first-order valence-corrected chi connectivity index (χ1v) is 9.14. The molecule has 1 saturated heterocycles. The maximum Gasteiger partial charge on any atom is 0.307 e. The van der Waals surface area contributed by atoms with Gasteiger partial charge in [0.1, 0.15) is 16.8 Å². The molecule has 1 aromatic heterocycles. The van der Waals surface area contributed by atoms with Gasteiger partial charge in [-0.25, -0.2) is 13.5 Å². The van der Waals surface area contributed by atoms with Crippen molar-refractivity contribution < 1.29 is 14.1 Å². The van der Waals surface area contributed by atoms with Gasteiger partial charge in [0.05, 0.1) is 17.5 Å². The van der Waals surface area contributed by atoms with E-state index in [9.17, 15) is 9.00 Å². The maximum atomic E-state index is 12.9. The first kappa shape index (κ1) is 17.5. The molecule has 132 valence electrons. The number of hydrogen-bond donors (Lipinski definition) is 1. The summed E-state index contributed by atoms with van der Waals surface area (Å²) in [6.45, 7) is 4.63. The molecule has 0 radical (unpaired) electrons. The molecule has 2 aromatic rings. The quantitative estimate of drug-likeness (QED) is 0.864. The third-order valence-electron chi connectivity index (χ3n) is 4.14. The van der Waals surface area contributed by atoms with Crippen LogP contribution in [0.5, 0.6) is 0 Å². The van der Waals surface area contributed by atoms with Gasteiger partial charge in [0.25, 0.3) is 0 Å². The minimum absolute atomic E-state index is 0.0645. The number of carbonyl (C=O) groups is 1. The van der Waals surface area contributed by atoms with Gasteiger partial charge in [-0.1, -0.05) is 12.1 Å². The first-order chi connectivity index (χ1) is 12.0. The lowest BCUT2D eigenvalue weighted by molar-refractivity contribution is -0.136. The molecule has 7 nitrogen and oxygen atoms in total. The lowest BCUT2D eigenvalue weighted by Gasteiger charge is -2.34. The number of hydrogen-bond acceptors (Lipinski definition) is 5. The van der Waals surface area contributed by atoms with E-state index in [1.165, 1.54) is 0 Å². The topological polar surface area (TPSA) is 86.6 Å². The van der Waals surface area contributed by atoms with Gasteiger partial charge < -0.3 is 10.0 Å². The van der Waals surface area contributed by atoms with Gasteiger partial charge in [-0.3, -0.25) is 9.78 Å². The second-order valence-corrected chi connectivity index (χ2v) is 7.35. The molecule has 0 spiro atoms. The van der Waals surface area contributed by atoms with E-state index in [1.54, 1.807) is 30.7 Å². The highest BCUT2D eigenvalue weighted by atomic mass is 32.2. The molecule has 1 unspecified atom stereocenters. The summed E-state index contributed by atoms with van der Waals surface area (Å²) in [4.78, 5) is 22.1. The van der Waals surface area contributed by atoms with E-state index in [0.29, 0.717) is 23.5 Å². The number of aliphatic carboxylic acids is 1. The number of carboxylic acids is 1. The standard InChI is InChI=1S/C17H20N4O3S/c1-13-2-3-14(11-17(22)23)10-15(13)25(24)21-8-6-20(7-9-21)16-12-18-4-5-19-16/h2-5,10,12H,6-9,11H2,1H3,(H,22,23). The molecular weight excluding hydrogens is 340 g/mol. The van der Waals surface area contributed by atoms with Gasteiger partial charge in [0.15, 0.2) is 0 Å². The Balaban J connectivity index is 1.69. The predicted octanol–water partition coefficient (Wildman–Crippen LogP) is 1.26. The van der Waals surface area contributed by atoms with Gasteiger partial charge in [0, 0.05) is 38.6 Å². The zero-order valence-electron chi connectivity index (χ0n) is 14.0. The van der Waals surface area contributed by atoms with Crippen molar-refractivity contribution in [1.82, 2.24) is 14.3 Å². The Hall–Kier alpha value is -2.32. The molecule has 0 saturated carbocycles. The van der Waals surface area contributed by atoms with Crippen molar-refractivity contribution in [3.63, 3.8) is 0 Å². The summed E-state index contributed by atoms with van der Waals surface area (Å²) in [5, 5.41) is 8.95. The summed E-state index contributed by atoms with van der Waals surface area (Å²) in [6.07, 6.45) is 4.97. The average molecular weight is 360 g/mol. The Morgan fingerprint density at radius 1 is 1.24 bits per heavy atom. The number of anilines is 1. The van der Waals surface area contributed by atoms with Crippen molar-refractivity contribution in [2.24, 2.45) is 0 Å². The second-order valence-electron chi connectivity index (χ2n) is 5.90. The lowest BCUT2D eigenvalue weighted by Crippen LogP contribution is -2.47. The summed E-state index contributed by atoms with van der Waals surface area (Å²) in [5.74, 6) is -0.0641. The van der Waals surface area contributed by atoms with Crippen LogP contribution in [-0.4, -0.2) is 55.7 Å². The van der Waals surface area contributed by atoms with Crippen LogP contribution < -0.4 is 4.90 Å². The molecule has 1 N–H and O–H groups in total. The Bertz CT molecular complexity index is 777. The van der Waals surface area contributed by atoms with Crippen LogP contribution in [-0.2, 0) is 22.2 Å². The number of aromatic nitrogens is 2. The summed E-state index contributed by atoms with van der Waals surface area (Å²) in [6, 6.07) is 5.35. The van der Waals surface area contributed by atoms with Crippen molar-refractivity contribution >= 4 is 22.8 Å². The van der Waals surface area contributed by atoms with Gasteiger partial charge in [0.2, 0.25) is 0 Å². The minimum atomic E-state index is -1.30. The highest BCUT2D eigenvalue weighted by Gasteiger charge is 2.24. The number of carboxylic acid groups (broad SMARTS) is 1. The lowest BCUT2D eigenvalue weighted by atomic mass is 10.1. The fraction of sp³-hybridized carbons (Fsp3) is 0.353. The molecule has 1 atom stereocenters. The Morgan fingerprint density at radius 3 is 2.64 bits per heavy atom. The third kappa shape index (κ3) is 4.21. The maximum absolute atomic E-state index is 12.9. The fourth-order valence-electron chi connectivity index (χ4n) is 2.79. The third-order valence-corrected chi connectivity index (χ3v) is 5.79. The van der Waals surface area contributed by atoms with Crippen LogP contribution in [0, 0.1) is 6.92 Å². The molecule has 1 aliphatic rings. The van der Waals surface area contributed by atoms with Gasteiger partial charge in [-0.15, -0.1) is 0 Å². The fourth-order valence-corrected chi connectivity index (χ4v) is 4.16. The number of aryl methyl sites for hydroxylation is 1. The SMILES string of the molecule is Cc1ccc(CC(=O)O)cc1S(=O)N1CCN(c2cnccn2)CC1. The molecule has 0 bridgehead atoms. The number of nitrogens with zero attached hydrogens (tertiary/aromatic N) is 4. The largest absolute Gasteiger partial charge is 0.481 e. The van der Waals surface area contributed by atoms with Gasteiger partial charge in [-0.2, -0.15) is 0 Å². The highest BCUT2D eigenvalue weighted by molar-refractivity contribution is 7.82. The van der Waals surface area contributed by atoms with Crippen LogP contribution >= 0.6 is 0 Å². The smallest absolute Gasteiger partial charge is 0.307 e. The van der Waals surface area contributed by atoms with Crippen molar-refractivity contribution in [3.05, 3.63) is 47.9 Å². The van der Waals surface area contributed by atoms with E-state index >= 15 is 0 Å². The predicted molar refractivity (Wildman–Crippen MR) is 94.7 cm³/mol. The second kappa shape index (κ2) is 7.71. The first-order valence-electron chi connectivity index (χ1n) is 8.03. The summed E-state index contributed by atoms with van der Waals surface area (Å²) in [7, 11) is -1.30. The molecule has 3 rings (SSSR count). The van der Waals surface area contributed by atoms with E-state index in [0.717, 1.165) is 24.5 Å². The molecule has 0 aliphatic carbocycles. The molecule has 1 aromatic carbocycles. The Kier molecular flexibility index (Phi) is 5.40. The summed E-state index contributed by atoms with van der Waals surface area (Å²) in [5.41, 5.74) is 1.57. The molecule has 0 amide bonds. The number of benzene rings is 1. The van der Waals surface area contributed by atoms with E-state index in [-0.39, 0.29) is 6.42 Å². The van der Waals surface area contributed by atoms with E-state index < -0.39 is 17.0 Å². The van der Waals surface area contributed by atoms with Crippen LogP contribution in [0.3, 0.4) is 0 Å². The minimum Gasteiger partial charge on any atom is -0.481 e. The van der Waals surface area contributed by atoms with Crippen LogP contribution in [0.25, 0.3) is 0 Å². The van der Waals surface area contributed by atoms with Crippen LogP contribution in [0.2, 0.25) is 0 Å². The molecule has 2 heterocycles. The normalized spacial score (nSPS) is 16.6. The molecule has 25 heavy (non-hydrogen) atoms.